The molecule has 94 valence electrons. The third-order valence-electron chi connectivity index (χ3n) is 4.77. The summed E-state index contributed by atoms with van der Waals surface area (Å²) >= 11 is 0. The smallest absolute Gasteiger partial charge is 0.0246 e. The van der Waals surface area contributed by atoms with E-state index in [-0.39, 0.29) is 0 Å². The molecule has 2 N–H and O–H groups in total. The normalized spacial score (nSPS) is 38.8. The molecule has 2 rings (SSSR count). The van der Waals surface area contributed by atoms with Crippen LogP contribution in [0.25, 0.3) is 0 Å². The fourth-order valence-electron chi connectivity index (χ4n) is 3.58. The standard InChI is InChI=1S/C14H28N2/c1-11-3-5-13(6-4-11)14(9-15)16-8-7-12(2)10-16/h11-14H,3-10,15H2,1-2H3. The molecule has 1 aliphatic heterocycles. The van der Waals surface area contributed by atoms with Gasteiger partial charge in [-0.1, -0.05) is 26.7 Å². The monoisotopic (exact) mass is 224 g/mol. The van der Waals surface area contributed by atoms with Gasteiger partial charge >= 0.3 is 0 Å². The van der Waals surface area contributed by atoms with Crippen molar-refractivity contribution in [2.45, 2.75) is 52.0 Å². The van der Waals surface area contributed by atoms with Gasteiger partial charge in [-0.2, -0.15) is 0 Å². The van der Waals surface area contributed by atoms with E-state index in [1.54, 1.807) is 0 Å². The molecular formula is C14H28N2. The molecular weight excluding hydrogens is 196 g/mol. The minimum Gasteiger partial charge on any atom is -0.329 e. The molecule has 0 spiro atoms. The predicted molar refractivity (Wildman–Crippen MR) is 69.3 cm³/mol. The number of likely N-dealkylation sites (tertiary alicyclic amines) is 1. The Balaban J connectivity index is 1.89. The molecule has 1 saturated heterocycles. The summed E-state index contributed by atoms with van der Waals surface area (Å²) in [7, 11) is 0. The lowest BCUT2D eigenvalue weighted by atomic mass is 9.79. The largest absolute Gasteiger partial charge is 0.329 e. The second-order valence-electron chi connectivity index (χ2n) is 6.21. The summed E-state index contributed by atoms with van der Waals surface area (Å²) < 4.78 is 0. The van der Waals surface area contributed by atoms with Gasteiger partial charge in [-0.25, -0.2) is 0 Å². The minimum absolute atomic E-state index is 0.678. The van der Waals surface area contributed by atoms with Crippen LogP contribution in [-0.4, -0.2) is 30.6 Å². The van der Waals surface area contributed by atoms with Gasteiger partial charge in [0.15, 0.2) is 0 Å². The molecule has 0 bridgehead atoms. The highest BCUT2D eigenvalue weighted by Gasteiger charge is 2.32. The van der Waals surface area contributed by atoms with Crippen molar-refractivity contribution in [3.8, 4) is 0 Å². The van der Waals surface area contributed by atoms with E-state index < -0.39 is 0 Å². The van der Waals surface area contributed by atoms with Crippen molar-refractivity contribution in [2.24, 2.45) is 23.5 Å². The van der Waals surface area contributed by atoms with Crippen molar-refractivity contribution >= 4 is 0 Å². The van der Waals surface area contributed by atoms with Gasteiger partial charge in [0.05, 0.1) is 0 Å². The molecule has 2 heteroatoms. The molecule has 16 heavy (non-hydrogen) atoms. The van der Waals surface area contributed by atoms with E-state index in [1.807, 2.05) is 0 Å². The number of rotatable bonds is 3. The average molecular weight is 224 g/mol. The number of nitrogens with two attached hydrogens (primary N) is 1. The third kappa shape index (κ3) is 2.78. The zero-order valence-electron chi connectivity index (χ0n) is 11.0. The number of nitrogens with zero attached hydrogens (tertiary/aromatic N) is 1. The van der Waals surface area contributed by atoms with E-state index in [0.717, 1.165) is 24.3 Å². The molecule has 2 aliphatic rings. The van der Waals surface area contributed by atoms with E-state index in [2.05, 4.69) is 18.7 Å². The highest BCUT2D eigenvalue weighted by molar-refractivity contribution is 4.87. The highest BCUT2D eigenvalue weighted by atomic mass is 15.2. The first-order valence-corrected chi connectivity index (χ1v) is 7.14. The van der Waals surface area contributed by atoms with Crippen LogP contribution in [0.2, 0.25) is 0 Å². The fourth-order valence-corrected chi connectivity index (χ4v) is 3.58. The minimum atomic E-state index is 0.678. The topological polar surface area (TPSA) is 29.3 Å². The zero-order chi connectivity index (χ0) is 11.5. The molecule has 0 aromatic carbocycles. The first-order valence-electron chi connectivity index (χ1n) is 7.14. The summed E-state index contributed by atoms with van der Waals surface area (Å²) in [6, 6.07) is 0.678. The van der Waals surface area contributed by atoms with E-state index in [0.29, 0.717) is 6.04 Å². The van der Waals surface area contributed by atoms with Gasteiger partial charge in [-0.15, -0.1) is 0 Å². The van der Waals surface area contributed by atoms with Crippen LogP contribution in [0.4, 0.5) is 0 Å². The van der Waals surface area contributed by atoms with E-state index in [1.165, 1.54) is 45.2 Å². The van der Waals surface area contributed by atoms with Crippen molar-refractivity contribution in [1.82, 2.24) is 4.90 Å². The maximum atomic E-state index is 6.02. The molecule has 1 saturated carbocycles. The van der Waals surface area contributed by atoms with Crippen LogP contribution in [0, 0.1) is 17.8 Å². The number of hydrogen-bond donors (Lipinski definition) is 1. The Morgan fingerprint density at radius 1 is 1.06 bits per heavy atom. The molecule has 2 fully saturated rings. The summed E-state index contributed by atoms with van der Waals surface area (Å²) in [6.45, 7) is 8.21. The van der Waals surface area contributed by atoms with Crippen LogP contribution in [0.15, 0.2) is 0 Å². The lowest BCUT2D eigenvalue weighted by Crippen LogP contribution is -2.45. The predicted octanol–water partition coefficient (Wildman–Crippen LogP) is 2.48. The lowest BCUT2D eigenvalue weighted by Gasteiger charge is -2.37. The molecule has 2 nitrogen and oxygen atoms in total. The molecule has 0 aromatic rings. The van der Waals surface area contributed by atoms with Crippen LogP contribution < -0.4 is 5.73 Å². The Morgan fingerprint density at radius 3 is 2.25 bits per heavy atom. The van der Waals surface area contributed by atoms with Gasteiger partial charge in [0.2, 0.25) is 0 Å². The van der Waals surface area contributed by atoms with Crippen molar-refractivity contribution in [2.75, 3.05) is 19.6 Å². The Hall–Kier alpha value is -0.0800. The fraction of sp³-hybridized carbons (Fsp3) is 1.00. The first-order chi connectivity index (χ1) is 7.70. The summed E-state index contributed by atoms with van der Waals surface area (Å²) in [5.74, 6) is 2.72. The molecule has 0 aromatic heterocycles. The van der Waals surface area contributed by atoms with E-state index in [4.69, 9.17) is 5.73 Å². The van der Waals surface area contributed by atoms with Crippen LogP contribution in [0.3, 0.4) is 0 Å². The van der Waals surface area contributed by atoms with Crippen LogP contribution in [-0.2, 0) is 0 Å². The van der Waals surface area contributed by atoms with Gasteiger partial charge in [-0.3, -0.25) is 4.90 Å². The zero-order valence-corrected chi connectivity index (χ0v) is 11.0. The first kappa shape index (κ1) is 12.4. The van der Waals surface area contributed by atoms with Crippen molar-refractivity contribution in [3.05, 3.63) is 0 Å². The average Bonchev–Trinajstić information content (AvgIpc) is 2.69. The Bertz CT molecular complexity index is 209. The highest BCUT2D eigenvalue weighted by Crippen LogP contribution is 2.33. The van der Waals surface area contributed by atoms with Crippen molar-refractivity contribution < 1.29 is 0 Å². The summed E-state index contributed by atoms with van der Waals surface area (Å²) in [4.78, 5) is 2.67. The van der Waals surface area contributed by atoms with Crippen LogP contribution in [0.1, 0.15) is 46.0 Å². The van der Waals surface area contributed by atoms with Crippen molar-refractivity contribution in [1.29, 1.82) is 0 Å². The van der Waals surface area contributed by atoms with Gasteiger partial charge in [0.1, 0.15) is 0 Å². The molecule has 0 amide bonds. The van der Waals surface area contributed by atoms with Gasteiger partial charge in [-0.05, 0) is 43.6 Å². The second-order valence-corrected chi connectivity index (χ2v) is 6.21. The molecule has 2 atom stereocenters. The summed E-state index contributed by atoms with van der Waals surface area (Å²) in [5.41, 5.74) is 6.02. The second kappa shape index (κ2) is 5.50. The van der Waals surface area contributed by atoms with Crippen LogP contribution in [0.5, 0.6) is 0 Å². The molecule has 1 aliphatic carbocycles. The Kier molecular flexibility index (Phi) is 4.26. The van der Waals surface area contributed by atoms with Gasteiger partial charge in [0.25, 0.3) is 0 Å². The van der Waals surface area contributed by atoms with E-state index >= 15 is 0 Å². The third-order valence-corrected chi connectivity index (χ3v) is 4.77. The molecule has 2 unspecified atom stereocenters. The summed E-state index contributed by atoms with van der Waals surface area (Å²) in [5, 5.41) is 0. The summed E-state index contributed by atoms with van der Waals surface area (Å²) in [6.07, 6.45) is 7.04. The Labute approximate surface area is 101 Å². The maximum absolute atomic E-state index is 6.02. The van der Waals surface area contributed by atoms with Gasteiger partial charge in [0, 0.05) is 19.1 Å². The van der Waals surface area contributed by atoms with Crippen LogP contribution >= 0.6 is 0 Å². The lowest BCUT2D eigenvalue weighted by molar-refractivity contribution is 0.131. The maximum Gasteiger partial charge on any atom is 0.0246 e. The van der Waals surface area contributed by atoms with Gasteiger partial charge < -0.3 is 5.73 Å². The quantitative estimate of drug-likeness (QED) is 0.798. The SMILES string of the molecule is CC1CCC(C(CN)N2CCC(C)C2)CC1. The number of hydrogen-bond acceptors (Lipinski definition) is 2. The molecule has 0 radical (unpaired) electrons. The van der Waals surface area contributed by atoms with Crippen molar-refractivity contribution in [3.63, 3.8) is 0 Å². The molecule has 1 heterocycles. The van der Waals surface area contributed by atoms with E-state index in [9.17, 15) is 0 Å². The Morgan fingerprint density at radius 2 is 1.75 bits per heavy atom.